The Morgan fingerprint density at radius 3 is 2.36 bits per heavy atom. The van der Waals surface area contributed by atoms with Crippen molar-refractivity contribution in [2.45, 2.75) is 27.3 Å². The van der Waals surface area contributed by atoms with Gasteiger partial charge in [0.25, 0.3) is 0 Å². The summed E-state index contributed by atoms with van der Waals surface area (Å²) in [4.78, 5) is 25.0. The SMILES string of the molecule is Cc1ccccc1CNC(=O)C(C)(C)C(=O)Nc1ccccc1C#N. The Hall–Kier alpha value is -3.13. The molecule has 0 radical (unpaired) electrons. The van der Waals surface area contributed by atoms with Gasteiger partial charge in [-0.05, 0) is 44.0 Å². The lowest BCUT2D eigenvalue weighted by molar-refractivity contribution is -0.138. The molecule has 0 spiro atoms. The maximum atomic E-state index is 12.5. The van der Waals surface area contributed by atoms with Crippen molar-refractivity contribution in [3.63, 3.8) is 0 Å². The van der Waals surface area contributed by atoms with Gasteiger partial charge in [0.1, 0.15) is 11.5 Å². The van der Waals surface area contributed by atoms with Crippen molar-refractivity contribution >= 4 is 17.5 Å². The van der Waals surface area contributed by atoms with E-state index >= 15 is 0 Å². The third kappa shape index (κ3) is 4.24. The van der Waals surface area contributed by atoms with Gasteiger partial charge in [-0.25, -0.2) is 0 Å². The second-order valence-corrected chi connectivity index (χ2v) is 6.35. The van der Waals surface area contributed by atoms with Crippen molar-refractivity contribution in [3.05, 3.63) is 65.2 Å². The summed E-state index contributed by atoms with van der Waals surface area (Å²) in [5.41, 5.74) is 1.56. The van der Waals surface area contributed by atoms with Crippen molar-refractivity contribution in [1.29, 1.82) is 5.26 Å². The quantitative estimate of drug-likeness (QED) is 0.824. The molecule has 2 aromatic carbocycles. The number of aryl methyl sites for hydroxylation is 1. The maximum absolute atomic E-state index is 12.5. The predicted octanol–water partition coefficient (Wildman–Crippen LogP) is 3.15. The molecule has 2 N–H and O–H groups in total. The van der Waals surface area contributed by atoms with Crippen LogP contribution in [0.25, 0.3) is 0 Å². The van der Waals surface area contributed by atoms with Crippen LogP contribution >= 0.6 is 0 Å². The minimum atomic E-state index is -1.27. The Balaban J connectivity index is 2.06. The Bertz CT molecular complexity index is 835. The summed E-state index contributed by atoms with van der Waals surface area (Å²) in [5.74, 6) is -0.833. The predicted molar refractivity (Wildman–Crippen MR) is 96.6 cm³/mol. The molecule has 0 aliphatic rings. The van der Waals surface area contributed by atoms with E-state index in [0.29, 0.717) is 17.8 Å². The number of hydrogen-bond donors (Lipinski definition) is 2. The first-order valence-electron chi connectivity index (χ1n) is 7.99. The minimum Gasteiger partial charge on any atom is -0.351 e. The number of nitriles is 1. The lowest BCUT2D eigenvalue weighted by Gasteiger charge is -2.23. The van der Waals surface area contributed by atoms with Crippen molar-refractivity contribution in [1.82, 2.24) is 5.32 Å². The van der Waals surface area contributed by atoms with Crippen molar-refractivity contribution in [2.24, 2.45) is 5.41 Å². The van der Waals surface area contributed by atoms with E-state index < -0.39 is 11.3 Å². The number of hydrogen-bond acceptors (Lipinski definition) is 3. The molecule has 128 valence electrons. The van der Waals surface area contributed by atoms with E-state index in [4.69, 9.17) is 5.26 Å². The first kappa shape index (κ1) is 18.2. The summed E-state index contributed by atoms with van der Waals surface area (Å²) in [6, 6.07) is 16.5. The van der Waals surface area contributed by atoms with Crippen LogP contribution in [0.1, 0.15) is 30.5 Å². The maximum Gasteiger partial charge on any atom is 0.239 e. The molecule has 0 aliphatic heterocycles. The van der Waals surface area contributed by atoms with Gasteiger partial charge in [-0.15, -0.1) is 0 Å². The molecule has 0 saturated heterocycles. The number of anilines is 1. The van der Waals surface area contributed by atoms with Gasteiger partial charge in [0, 0.05) is 6.54 Å². The monoisotopic (exact) mass is 335 g/mol. The Kier molecular flexibility index (Phi) is 5.56. The van der Waals surface area contributed by atoms with Crippen LogP contribution in [0.5, 0.6) is 0 Å². The summed E-state index contributed by atoms with van der Waals surface area (Å²) in [6.07, 6.45) is 0. The second-order valence-electron chi connectivity index (χ2n) is 6.35. The van der Waals surface area contributed by atoms with Gasteiger partial charge in [-0.3, -0.25) is 9.59 Å². The molecule has 0 unspecified atom stereocenters. The first-order valence-corrected chi connectivity index (χ1v) is 7.99. The van der Waals surface area contributed by atoms with Crippen LogP contribution in [0.3, 0.4) is 0 Å². The zero-order valence-electron chi connectivity index (χ0n) is 14.6. The number of para-hydroxylation sites is 1. The number of benzene rings is 2. The third-order valence-corrected chi connectivity index (χ3v) is 4.13. The first-order chi connectivity index (χ1) is 11.9. The minimum absolute atomic E-state index is 0.354. The van der Waals surface area contributed by atoms with E-state index in [2.05, 4.69) is 10.6 Å². The molecule has 0 aromatic heterocycles. The van der Waals surface area contributed by atoms with Crippen LogP contribution in [-0.4, -0.2) is 11.8 Å². The summed E-state index contributed by atoms with van der Waals surface area (Å²) >= 11 is 0. The van der Waals surface area contributed by atoms with E-state index in [-0.39, 0.29) is 5.91 Å². The van der Waals surface area contributed by atoms with Gasteiger partial charge >= 0.3 is 0 Å². The van der Waals surface area contributed by atoms with Gasteiger partial charge in [0.05, 0.1) is 11.3 Å². The van der Waals surface area contributed by atoms with Crippen LogP contribution in [0.15, 0.2) is 48.5 Å². The van der Waals surface area contributed by atoms with E-state index in [1.807, 2.05) is 37.3 Å². The highest BCUT2D eigenvalue weighted by molar-refractivity contribution is 6.10. The van der Waals surface area contributed by atoms with Crippen molar-refractivity contribution in [3.8, 4) is 6.07 Å². The van der Waals surface area contributed by atoms with Crippen molar-refractivity contribution < 1.29 is 9.59 Å². The average Bonchev–Trinajstić information content (AvgIpc) is 2.61. The number of carbonyl (C=O) groups excluding carboxylic acids is 2. The lowest BCUT2D eigenvalue weighted by Crippen LogP contribution is -2.45. The number of nitrogens with one attached hydrogen (secondary N) is 2. The second kappa shape index (κ2) is 7.63. The normalized spacial score (nSPS) is 10.6. The summed E-state index contributed by atoms with van der Waals surface area (Å²) in [7, 11) is 0. The standard InChI is InChI=1S/C20H21N3O2/c1-14-8-4-5-10-16(14)13-22-18(24)20(2,3)19(25)23-17-11-7-6-9-15(17)12-21/h4-11H,13H2,1-3H3,(H,22,24)(H,23,25). The van der Waals surface area contributed by atoms with Gasteiger partial charge in [0.2, 0.25) is 11.8 Å². The fourth-order valence-corrected chi connectivity index (χ4v) is 2.28. The van der Waals surface area contributed by atoms with Gasteiger partial charge < -0.3 is 10.6 Å². The molecule has 5 heteroatoms. The average molecular weight is 335 g/mol. The fourth-order valence-electron chi connectivity index (χ4n) is 2.28. The number of rotatable bonds is 5. The van der Waals surface area contributed by atoms with Crippen LogP contribution < -0.4 is 10.6 Å². The largest absolute Gasteiger partial charge is 0.351 e. The van der Waals surface area contributed by atoms with Gasteiger partial charge in [-0.1, -0.05) is 36.4 Å². The number of nitrogens with zero attached hydrogens (tertiary/aromatic N) is 1. The third-order valence-electron chi connectivity index (χ3n) is 4.13. The summed E-state index contributed by atoms with van der Waals surface area (Å²) in [5, 5.41) is 14.6. The van der Waals surface area contributed by atoms with Crippen LogP contribution in [-0.2, 0) is 16.1 Å². The molecule has 2 aromatic rings. The van der Waals surface area contributed by atoms with Crippen molar-refractivity contribution in [2.75, 3.05) is 5.32 Å². The van der Waals surface area contributed by atoms with Crippen LogP contribution in [0.4, 0.5) is 5.69 Å². The Labute approximate surface area is 147 Å². The molecular weight excluding hydrogens is 314 g/mol. The molecule has 0 fully saturated rings. The Morgan fingerprint density at radius 2 is 1.68 bits per heavy atom. The molecule has 0 bridgehead atoms. The number of amides is 2. The van der Waals surface area contributed by atoms with Crippen LogP contribution in [0, 0.1) is 23.7 Å². The highest BCUT2D eigenvalue weighted by atomic mass is 16.2. The van der Waals surface area contributed by atoms with Gasteiger partial charge in [-0.2, -0.15) is 5.26 Å². The van der Waals surface area contributed by atoms with E-state index in [9.17, 15) is 9.59 Å². The topological polar surface area (TPSA) is 82.0 Å². The Morgan fingerprint density at radius 1 is 1.04 bits per heavy atom. The zero-order chi connectivity index (χ0) is 18.4. The highest BCUT2D eigenvalue weighted by Gasteiger charge is 2.36. The highest BCUT2D eigenvalue weighted by Crippen LogP contribution is 2.21. The fraction of sp³-hybridized carbons (Fsp3) is 0.250. The molecule has 0 aliphatic carbocycles. The lowest BCUT2D eigenvalue weighted by atomic mass is 9.90. The molecule has 0 atom stereocenters. The molecule has 0 saturated carbocycles. The molecular formula is C20H21N3O2. The van der Waals surface area contributed by atoms with E-state index in [1.165, 1.54) is 0 Å². The molecule has 0 heterocycles. The smallest absolute Gasteiger partial charge is 0.239 e. The molecule has 25 heavy (non-hydrogen) atoms. The summed E-state index contributed by atoms with van der Waals surface area (Å²) < 4.78 is 0. The summed E-state index contributed by atoms with van der Waals surface area (Å²) in [6.45, 7) is 5.45. The van der Waals surface area contributed by atoms with Gasteiger partial charge in [0.15, 0.2) is 0 Å². The van der Waals surface area contributed by atoms with E-state index in [0.717, 1.165) is 11.1 Å². The van der Waals surface area contributed by atoms with E-state index in [1.54, 1.807) is 38.1 Å². The number of carbonyl (C=O) groups is 2. The molecule has 2 rings (SSSR count). The molecule has 5 nitrogen and oxygen atoms in total. The molecule has 2 amide bonds. The zero-order valence-corrected chi connectivity index (χ0v) is 14.6. The van der Waals surface area contributed by atoms with Crippen LogP contribution in [0.2, 0.25) is 0 Å².